The average Bonchev–Trinajstić information content (AvgIpc) is 3.55. The molecule has 0 aliphatic heterocycles. The largest absolute Gasteiger partial charge is 0.459 e. The second-order valence-corrected chi connectivity index (χ2v) is 8.95. The molecule has 198 valence electrons. The maximum absolute atomic E-state index is 14.2. The van der Waals surface area contributed by atoms with Crippen LogP contribution in [0.1, 0.15) is 42.5 Å². The zero-order valence-corrected chi connectivity index (χ0v) is 20.7. The van der Waals surface area contributed by atoms with E-state index in [1.165, 1.54) is 10.6 Å². The molecule has 0 amide bonds. The molecule has 15 heteroatoms. The van der Waals surface area contributed by atoms with E-state index in [-0.39, 0.29) is 34.8 Å². The molecule has 0 atom stereocenters. The van der Waals surface area contributed by atoms with Crippen molar-refractivity contribution in [1.82, 2.24) is 34.7 Å². The Morgan fingerprint density at radius 2 is 1.78 bits per heavy atom. The van der Waals surface area contributed by atoms with Crippen molar-refractivity contribution in [3.63, 3.8) is 0 Å². The van der Waals surface area contributed by atoms with Gasteiger partial charge in [0.15, 0.2) is 5.82 Å². The van der Waals surface area contributed by atoms with Crippen LogP contribution in [0.15, 0.2) is 30.3 Å². The Morgan fingerprint density at radius 1 is 1.08 bits per heavy atom. The highest BCUT2D eigenvalue weighted by Crippen LogP contribution is 2.45. The number of aromatic amines is 1. The van der Waals surface area contributed by atoms with E-state index in [9.17, 15) is 27.1 Å². The van der Waals surface area contributed by atoms with Crippen LogP contribution in [0.25, 0.3) is 17.2 Å². The van der Waals surface area contributed by atoms with Crippen molar-refractivity contribution in [2.45, 2.75) is 51.4 Å². The van der Waals surface area contributed by atoms with Crippen molar-refractivity contribution in [1.29, 1.82) is 0 Å². The smallest absolute Gasteiger partial charge is 0.390 e. The van der Waals surface area contributed by atoms with Gasteiger partial charge in [0.25, 0.3) is 0 Å². The molecular formula is C22H20Cl2F5N7O. The van der Waals surface area contributed by atoms with Gasteiger partial charge in [-0.3, -0.25) is 4.57 Å². The van der Waals surface area contributed by atoms with Crippen LogP contribution in [0.2, 0.25) is 10.2 Å². The average molecular weight is 564 g/mol. The van der Waals surface area contributed by atoms with Crippen LogP contribution in [0.5, 0.6) is 0 Å². The summed E-state index contributed by atoms with van der Waals surface area (Å²) in [5.41, 5.74) is -0.534. The highest BCUT2D eigenvalue weighted by atomic mass is 35.5. The van der Waals surface area contributed by atoms with Gasteiger partial charge in [-0.2, -0.15) is 22.0 Å². The number of nitrogens with one attached hydrogen (secondary N) is 1. The molecule has 0 spiro atoms. The van der Waals surface area contributed by atoms with E-state index < -0.39 is 30.1 Å². The molecule has 1 aromatic carbocycles. The molecule has 0 bridgehead atoms. The van der Waals surface area contributed by atoms with Gasteiger partial charge in [-0.1, -0.05) is 48.7 Å². The first-order chi connectivity index (χ1) is 17.5. The van der Waals surface area contributed by atoms with Gasteiger partial charge in [-0.25, -0.2) is 10.1 Å². The lowest BCUT2D eigenvalue weighted by molar-refractivity contribution is -0.291. The molecule has 8 nitrogen and oxygen atoms in total. The number of hydrogen-bond acceptors (Lipinski definition) is 5. The summed E-state index contributed by atoms with van der Waals surface area (Å²) in [4.78, 5) is 3.65. The number of aliphatic hydroxyl groups excluding tert-OH is 1. The molecule has 3 heterocycles. The second-order valence-electron chi connectivity index (χ2n) is 8.16. The first kappa shape index (κ1) is 27.0. The fraction of sp³-hybridized carbons (Fsp3) is 0.364. The van der Waals surface area contributed by atoms with Gasteiger partial charge in [0.05, 0.1) is 17.3 Å². The maximum Gasteiger partial charge on any atom is 0.459 e. The minimum absolute atomic E-state index is 0.0363. The fourth-order valence-corrected chi connectivity index (χ4v) is 4.54. The number of aliphatic hydroxyl groups is 1. The Bertz CT molecular complexity index is 1370. The van der Waals surface area contributed by atoms with Gasteiger partial charge in [0.2, 0.25) is 0 Å². The molecule has 4 aromatic rings. The summed E-state index contributed by atoms with van der Waals surface area (Å²) in [6.07, 6.45) is -4.50. The van der Waals surface area contributed by atoms with E-state index in [1.54, 1.807) is 28.8 Å². The van der Waals surface area contributed by atoms with Crippen molar-refractivity contribution in [2.24, 2.45) is 0 Å². The number of halogens is 7. The predicted molar refractivity (Wildman–Crippen MR) is 125 cm³/mol. The number of aryl methyl sites for hydroxylation is 1. The summed E-state index contributed by atoms with van der Waals surface area (Å²) in [6.45, 7) is 0.728. The number of nitrogens with zero attached hydrogens (tertiary/aromatic N) is 6. The van der Waals surface area contributed by atoms with E-state index >= 15 is 0 Å². The summed E-state index contributed by atoms with van der Waals surface area (Å²) >= 11 is 12.7. The lowest BCUT2D eigenvalue weighted by Crippen LogP contribution is -2.35. The number of unbranched alkanes of at least 4 members (excludes halogenated alkanes) is 1. The van der Waals surface area contributed by atoms with Crippen LogP contribution >= 0.6 is 23.2 Å². The monoisotopic (exact) mass is 563 g/mol. The molecule has 0 radical (unpaired) electrons. The van der Waals surface area contributed by atoms with Gasteiger partial charge in [-0.15, -0.1) is 5.10 Å². The zero-order chi connectivity index (χ0) is 27.0. The molecule has 3 aromatic heterocycles. The van der Waals surface area contributed by atoms with E-state index in [2.05, 4.69) is 25.6 Å². The Labute approximate surface area is 217 Å². The first-order valence-corrected chi connectivity index (χ1v) is 11.8. The lowest BCUT2D eigenvalue weighted by atomic mass is 10.1. The molecule has 0 aliphatic rings. The van der Waals surface area contributed by atoms with E-state index in [1.807, 2.05) is 6.92 Å². The van der Waals surface area contributed by atoms with Crippen LogP contribution in [0.4, 0.5) is 22.0 Å². The Hall–Kier alpha value is -3.03. The number of alkyl halides is 5. The van der Waals surface area contributed by atoms with Crippen molar-refractivity contribution >= 4 is 23.2 Å². The minimum atomic E-state index is -5.85. The predicted octanol–water partition coefficient (Wildman–Crippen LogP) is 5.70. The molecule has 0 unspecified atom stereocenters. The molecular weight excluding hydrogens is 544 g/mol. The Morgan fingerprint density at radius 3 is 2.35 bits per heavy atom. The van der Waals surface area contributed by atoms with Gasteiger partial charge < -0.3 is 9.67 Å². The van der Waals surface area contributed by atoms with Crippen LogP contribution in [0, 0.1) is 0 Å². The molecule has 0 fully saturated rings. The zero-order valence-electron chi connectivity index (χ0n) is 19.2. The van der Waals surface area contributed by atoms with Crippen molar-refractivity contribution in [3.8, 4) is 17.2 Å². The standard InChI is InChI=1S/C22H20Cl2F5N7O/c1-2-3-4-17-30-19(21(25,26)22(27,28)29)15(11-37)35(17)10-12-5-7-13(8-6-12)36-16(24)9-14(23)18(36)20-31-33-34-32-20/h5-9,37H,2-4,10-11H2,1H3,(H,31,32,33,34). The SMILES string of the molecule is CCCCc1nc(C(F)(F)C(F)(F)F)c(CO)n1Cc1ccc(-n2c(Cl)cc(Cl)c2-c2nnn[nH]2)cc1. The third-order valence-electron chi connectivity index (χ3n) is 5.72. The second kappa shape index (κ2) is 10.4. The Balaban J connectivity index is 1.72. The van der Waals surface area contributed by atoms with E-state index in [0.29, 0.717) is 29.8 Å². The highest BCUT2D eigenvalue weighted by molar-refractivity contribution is 6.36. The van der Waals surface area contributed by atoms with Crippen LogP contribution < -0.4 is 0 Å². The first-order valence-electron chi connectivity index (χ1n) is 11.0. The summed E-state index contributed by atoms with van der Waals surface area (Å²) in [6, 6.07) is 8.13. The van der Waals surface area contributed by atoms with E-state index in [0.717, 1.165) is 0 Å². The topological polar surface area (TPSA) is 97.4 Å². The number of aromatic nitrogens is 7. The molecule has 0 saturated carbocycles. The van der Waals surface area contributed by atoms with E-state index in [4.69, 9.17) is 23.2 Å². The number of rotatable bonds is 9. The Kier molecular flexibility index (Phi) is 7.58. The summed E-state index contributed by atoms with van der Waals surface area (Å²) in [5.74, 6) is -4.91. The lowest BCUT2D eigenvalue weighted by Gasteiger charge is -2.19. The molecule has 0 saturated heterocycles. The van der Waals surface area contributed by atoms with Gasteiger partial charge in [0.1, 0.15) is 22.4 Å². The normalized spacial score (nSPS) is 12.5. The van der Waals surface area contributed by atoms with Crippen molar-refractivity contribution < 1.29 is 27.1 Å². The van der Waals surface area contributed by atoms with Gasteiger partial charge >= 0.3 is 12.1 Å². The van der Waals surface area contributed by atoms with Gasteiger partial charge in [-0.05, 0) is 40.6 Å². The summed E-state index contributed by atoms with van der Waals surface area (Å²) in [5, 5.41) is 23.9. The van der Waals surface area contributed by atoms with Crippen LogP contribution in [-0.2, 0) is 25.5 Å². The van der Waals surface area contributed by atoms with Crippen molar-refractivity contribution in [3.05, 3.63) is 63.3 Å². The van der Waals surface area contributed by atoms with Gasteiger partial charge in [0, 0.05) is 18.7 Å². The number of hydrogen-bond donors (Lipinski definition) is 2. The number of H-pyrrole nitrogens is 1. The number of imidazole rings is 1. The van der Waals surface area contributed by atoms with Crippen LogP contribution in [0.3, 0.4) is 0 Å². The highest BCUT2D eigenvalue weighted by Gasteiger charge is 2.61. The number of tetrazole rings is 1. The third kappa shape index (κ3) is 5.07. The minimum Gasteiger partial charge on any atom is -0.390 e. The van der Waals surface area contributed by atoms with Crippen LogP contribution in [-0.4, -0.2) is 46.0 Å². The van der Waals surface area contributed by atoms with Crippen molar-refractivity contribution in [2.75, 3.05) is 0 Å². The molecule has 2 N–H and O–H groups in total. The number of benzene rings is 1. The molecule has 0 aliphatic carbocycles. The fourth-order valence-electron chi connectivity index (χ4n) is 3.91. The molecule has 4 rings (SSSR count). The quantitative estimate of drug-likeness (QED) is 0.255. The summed E-state index contributed by atoms with van der Waals surface area (Å²) < 4.78 is 70.6. The third-order valence-corrected chi connectivity index (χ3v) is 6.29. The maximum atomic E-state index is 14.2. The molecule has 37 heavy (non-hydrogen) atoms. The summed E-state index contributed by atoms with van der Waals surface area (Å²) in [7, 11) is 0.